The molecule has 1 atom stereocenters. The van der Waals surface area contributed by atoms with Crippen LogP contribution in [0.3, 0.4) is 0 Å². The maximum Gasteiger partial charge on any atom is 0.124 e. The minimum Gasteiger partial charge on any atom is -0.492 e. The molecule has 0 spiro atoms. The summed E-state index contributed by atoms with van der Waals surface area (Å²) >= 11 is 0. The van der Waals surface area contributed by atoms with E-state index in [1.54, 1.807) is 0 Å². The molecule has 0 bridgehead atoms. The van der Waals surface area contributed by atoms with Crippen molar-refractivity contribution in [2.75, 3.05) is 13.2 Å². The summed E-state index contributed by atoms with van der Waals surface area (Å²) in [5.74, 6) is 3.51. The number of nitrogens with one attached hydrogen (secondary N) is 1. The van der Waals surface area contributed by atoms with E-state index in [-0.39, 0.29) is 0 Å². The number of hydrogen-bond donors (Lipinski definition) is 1. The summed E-state index contributed by atoms with van der Waals surface area (Å²) in [7, 11) is 0. The molecule has 0 saturated heterocycles. The predicted octanol–water partition coefficient (Wildman–Crippen LogP) is 3.15. The van der Waals surface area contributed by atoms with Crippen molar-refractivity contribution in [3.05, 3.63) is 29.8 Å². The largest absolute Gasteiger partial charge is 0.492 e. The molecule has 1 unspecified atom stereocenters. The SMILES string of the molecule is C#CCCOc1ccccc1C(C)NCCC. The van der Waals surface area contributed by atoms with E-state index in [4.69, 9.17) is 11.2 Å². The minimum atomic E-state index is 0.303. The van der Waals surface area contributed by atoms with Crippen LogP contribution in [0.2, 0.25) is 0 Å². The normalized spacial score (nSPS) is 11.8. The molecule has 1 N–H and O–H groups in total. The van der Waals surface area contributed by atoms with Gasteiger partial charge < -0.3 is 10.1 Å². The van der Waals surface area contributed by atoms with Crippen LogP contribution in [0.25, 0.3) is 0 Å². The number of benzene rings is 1. The smallest absolute Gasteiger partial charge is 0.124 e. The summed E-state index contributed by atoms with van der Waals surface area (Å²) in [6, 6.07) is 8.42. The van der Waals surface area contributed by atoms with Gasteiger partial charge in [-0.1, -0.05) is 25.1 Å². The third-order valence-corrected chi connectivity index (χ3v) is 2.59. The van der Waals surface area contributed by atoms with E-state index in [1.807, 2.05) is 18.2 Å². The summed E-state index contributed by atoms with van der Waals surface area (Å²) in [5, 5.41) is 3.46. The predicted molar refractivity (Wildman–Crippen MR) is 72.1 cm³/mol. The van der Waals surface area contributed by atoms with Crippen LogP contribution >= 0.6 is 0 Å². The van der Waals surface area contributed by atoms with Gasteiger partial charge in [0.25, 0.3) is 0 Å². The van der Waals surface area contributed by atoms with Crippen molar-refractivity contribution in [3.8, 4) is 18.1 Å². The van der Waals surface area contributed by atoms with Gasteiger partial charge in [0.1, 0.15) is 5.75 Å². The second-order valence-electron chi connectivity index (χ2n) is 4.02. The molecule has 0 radical (unpaired) electrons. The maximum atomic E-state index is 5.70. The first-order chi connectivity index (χ1) is 8.29. The molecule has 2 heteroatoms. The Morgan fingerprint density at radius 3 is 2.88 bits per heavy atom. The molecular formula is C15H21NO. The molecular weight excluding hydrogens is 210 g/mol. The van der Waals surface area contributed by atoms with Crippen LogP contribution in [0.5, 0.6) is 5.75 Å². The van der Waals surface area contributed by atoms with E-state index >= 15 is 0 Å². The lowest BCUT2D eigenvalue weighted by atomic mass is 10.1. The van der Waals surface area contributed by atoms with Crippen molar-refractivity contribution in [2.24, 2.45) is 0 Å². The van der Waals surface area contributed by atoms with Crippen molar-refractivity contribution >= 4 is 0 Å². The lowest BCUT2D eigenvalue weighted by Crippen LogP contribution is -2.20. The lowest BCUT2D eigenvalue weighted by Gasteiger charge is -2.17. The van der Waals surface area contributed by atoms with Crippen LogP contribution in [-0.4, -0.2) is 13.2 Å². The summed E-state index contributed by atoms with van der Waals surface area (Å²) in [6.07, 6.45) is 6.99. The van der Waals surface area contributed by atoms with E-state index in [2.05, 4.69) is 31.2 Å². The summed E-state index contributed by atoms with van der Waals surface area (Å²) in [4.78, 5) is 0. The molecule has 1 rings (SSSR count). The molecule has 17 heavy (non-hydrogen) atoms. The van der Waals surface area contributed by atoms with Crippen LogP contribution in [0.4, 0.5) is 0 Å². The topological polar surface area (TPSA) is 21.3 Å². The molecule has 2 nitrogen and oxygen atoms in total. The maximum absolute atomic E-state index is 5.70. The lowest BCUT2D eigenvalue weighted by molar-refractivity contribution is 0.320. The van der Waals surface area contributed by atoms with Gasteiger partial charge in [-0.3, -0.25) is 0 Å². The molecule has 1 aromatic rings. The molecule has 0 aromatic heterocycles. The fourth-order valence-corrected chi connectivity index (χ4v) is 1.66. The van der Waals surface area contributed by atoms with Crippen molar-refractivity contribution in [3.63, 3.8) is 0 Å². The van der Waals surface area contributed by atoms with E-state index in [0.29, 0.717) is 19.1 Å². The number of terminal acetylenes is 1. The van der Waals surface area contributed by atoms with Gasteiger partial charge in [0.2, 0.25) is 0 Å². The highest BCUT2D eigenvalue weighted by Crippen LogP contribution is 2.24. The van der Waals surface area contributed by atoms with Crippen molar-refractivity contribution < 1.29 is 4.74 Å². The molecule has 1 aromatic carbocycles. The van der Waals surface area contributed by atoms with Gasteiger partial charge in [-0.05, 0) is 26.0 Å². The number of rotatable bonds is 7. The second kappa shape index (κ2) is 7.76. The number of ether oxygens (including phenoxy) is 1. The standard InChI is InChI=1S/C15H21NO/c1-4-6-12-17-15-10-8-7-9-14(15)13(3)16-11-5-2/h1,7-10,13,16H,5-6,11-12H2,2-3H3. The third kappa shape index (κ3) is 4.50. The van der Waals surface area contributed by atoms with Gasteiger partial charge in [-0.15, -0.1) is 12.3 Å². The molecule has 0 aliphatic carbocycles. The molecule has 92 valence electrons. The third-order valence-electron chi connectivity index (χ3n) is 2.59. The molecule has 0 saturated carbocycles. The monoisotopic (exact) mass is 231 g/mol. The fraction of sp³-hybridized carbons (Fsp3) is 0.467. The van der Waals surface area contributed by atoms with Gasteiger partial charge >= 0.3 is 0 Å². The van der Waals surface area contributed by atoms with E-state index in [9.17, 15) is 0 Å². The van der Waals surface area contributed by atoms with Gasteiger partial charge in [-0.2, -0.15) is 0 Å². The van der Waals surface area contributed by atoms with Gasteiger partial charge in [0.15, 0.2) is 0 Å². The van der Waals surface area contributed by atoms with Gasteiger partial charge in [0, 0.05) is 18.0 Å². The van der Waals surface area contributed by atoms with Crippen LogP contribution in [-0.2, 0) is 0 Å². The first-order valence-electron chi connectivity index (χ1n) is 6.18. The van der Waals surface area contributed by atoms with Crippen LogP contribution in [0.15, 0.2) is 24.3 Å². The number of hydrogen-bond acceptors (Lipinski definition) is 2. The number of para-hydroxylation sites is 1. The van der Waals surface area contributed by atoms with E-state index in [1.165, 1.54) is 5.56 Å². The van der Waals surface area contributed by atoms with Crippen molar-refractivity contribution in [1.29, 1.82) is 0 Å². The minimum absolute atomic E-state index is 0.303. The molecule has 0 heterocycles. The zero-order valence-electron chi connectivity index (χ0n) is 10.7. The first kappa shape index (κ1) is 13.6. The van der Waals surface area contributed by atoms with Crippen molar-refractivity contribution in [1.82, 2.24) is 5.32 Å². The second-order valence-corrected chi connectivity index (χ2v) is 4.02. The molecule has 0 fully saturated rings. The Hall–Kier alpha value is -1.46. The first-order valence-corrected chi connectivity index (χ1v) is 6.18. The highest BCUT2D eigenvalue weighted by Gasteiger charge is 2.09. The van der Waals surface area contributed by atoms with Crippen LogP contribution < -0.4 is 10.1 Å². The fourth-order valence-electron chi connectivity index (χ4n) is 1.66. The Bertz CT molecular complexity index is 367. The summed E-state index contributed by atoms with van der Waals surface area (Å²) < 4.78 is 5.70. The Morgan fingerprint density at radius 1 is 1.41 bits per heavy atom. The van der Waals surface area contributed by atoms with Gasteiger partial charge in [0.05, 0.1) is 6.61 Å². The van der Waals surface area contributed by atoms with Crippen LogP contribution in [0.1, 0.15) is 38.3 Å². The highest BCUT2D eigenvalue weighted by atomic mass is 16.5. The van der Waals surface area contributed by atoms with Gasteiger partial charge in [-0.25, -0.2) is 0 Å². The molecule has 0 aliphatic heterocycles. The van der Waals surface area contributed by atoms with Crippen LogP contribution in [0, 0.1) is 12.3 Å². The average Bonchev–Trinajstić information content (AvgIpc) is 2.37. The summed E-state index contributed by atoms with van der Waals surface area (Å²) in [6.45, 7) is 5.90. The Kier molecular flexibility index (Phi) is 6.21. The van der Waals surface area contributed by atoms with E-state index in [0.717, 1.165) is 18.7 Å². The Labute approximate surface area is 104 Å². The highest BCUT2D eigenvalue weighted by molar-refractivity contribution is 5.35. The van der Waals surface area contributed by atoms with Crippen molar-refractivity contribution in [2.45, 2.75) is 32.7 Å². The zero-order valence-corrected chi connectivity index (χ0v) is 10.7. The quantitative estimate of drug-likeness (QED) is 0.575. The molecule has 0 aliphatic rings. The summed E-state index contributed by atoms with van der Waals surface area (Å²) in [5.41, 5.74) is 1.19. The average molecular weight is 231 g/mol. The van der Waals surface area contributed by atoms with E-state index < -0.39 is 0 Å². The Balaban J connectivity index is 2.66. The Morgan fingerprint density at radius 2 is 2.18 bits per heavy atom. The molecule has 0 amide bonds. The zero-order chi connectivity index (χ0) is 12.5.